The Morgan fingerprint density at radius 3 is 2.17 bits per heavy atom. The molecule has 0 aromatic heterocycles. The molecule has 0 unspecified atom stereocenters. The second-order valence-corrected chi connectivity index (χ2v) is 13.8. The highest BCUT2D eigenvalue weighted by Gasteiger charge is 2.33. The fraction of sp³-hybridized carbons (Fsp3) is 0.424. The normalized spacial score (nSPS) is 12.4. The van der Waals surface area contributed by atoms with Gasteiger partial charge in [-0.2, -0.15) is 13.2 Å². The average molecular weight is 588 g/mol. The molecule has 0 spiro atoms. The maximum atomic E-state index is 13.8. The third-order valence-corrected chi connectivity index (χ3v) is 9.20. The standard InChI is InChI=1S/C33H40F3NO3S/c1-6-7-8-9-10-13-24-21-26(17-18-27(24)28-14-11-12-15-29(28)33(34,35)36)37-31(38)25-16-19-30(23(2)20-25)41(39,40)22-32(3,4)5/h11-12,14-21H,6-10,13,22H2,1-5H3,(H,37,38). The lowest BCUT2D eigenvalue weighted by Gasteiger charge is -2.19. The van der Waals surface area contributed by atoms with Crippen molar-refractivity contribution in [3.05, 3.63) is 82.9 Å². The van der Waals surface area contributed by atoms with E-state index >= 15 is 0 Å². The molecule has 41 heavy (non-hydrogen) atoms. The van der Waals surface area contributed by atoms with E-state index in [1.54, 1.807) is 37.3 Å². The number of hydrogen-bond donors (Lipinski definition) is 1. The van der Waals surface area contributed by atoms with E-state index in [1.807, 2.05) is 20.8 Å². The Kier molecular flexibility index (Phi) is 10.5. The third-order valence-electron chi connectivity index (χ3n) is 6.83. The molecule has 0 saturated carbocycles. The van der Waals surface area contributed by atoms with E-state index in [-0.39, 0.29) is 16.2 Å². The second kappa shape index (κ2) is 13.2. The van der Waals surface area contributed by atoms with Crippen LogP contribution in [0.25, 0.3) is 11.1 Å². The second-order valence-electron chi connectivity index (χ2n) is 11.8. The number of halogens is 3. The smallest absolute Gasteiger partial charge is 0.322 e. The fourth-order valence-corrected chi connectivity index (χ4v) is 7.14. The number of alkyl halides is 3. The lowest BCUT2D eigenvalue weighted by molar-refractivity contribution is -0.137. The van der Waals surface area contributed by atoms with Crippen LogP contribution in [-0.4, -0.2) is 20.1 Å². The Morgan fingerprint density at radius 2 is 1.54 bits per heavy atom. The summed E-state index contributed by atoms with van der Waals surface area (Å²) in [5.74, 6) is -0.442. The molecule has 4 nitrogen and oxygen atoms in total. The molecule has 1 amide bonds. The summed E-state index contributed by atoms with van der Waals surface area (Å²) in [5.41, 5.74) is 1.48. The first-order valence-corrected chi connectivity index (χ1v) is 15.7. The van der Waals surface area contributed by atoms with Crippen molar-refractivity contribution in [1.82, 2.24) is 0 Å². The van der Waals surface area contributed by atoms with E-state index in [2.05, 4.69) is 12.2 Å². The van der Waals surface area contributed by atoms with Gasteiger partial charge in [0.1, 0.15) is 0 Å². The first-order valence-electron chi connectivity index (χ1n) is 14.1. The summed E-state index contributed by atoms with van der Waals surface area (Å²) in [6.45, 7) is 9.35. The molecule has 3 aromatic rings. The topological polar surface area (TPSA) is 63.2 Å². The Hall–Kier alpha value is -3.13. The van der Waals surface area contributed by atoms with Crippen molar-refractivity contribution >= 4 is 21.4 Å². The van der Waals surface area contributed by atoms with Crippen molar-refractivity contribution in [3.63, 3.8) is 0 Å². The minimum Gasteiger partial charge on any atom is -0.322 e. The zero-order chi connectivity index (χ0) is 30.4. The van der Waals surface area contributed by atoms with Gasteiger partial charge in [-0.3, -0.25) is 4.79 Å². The molecule has 0 atom stereocenters. The van der Waals surface area contributed by atoms with Crippen LogP contribution in [0.1, 0.15) is 86.8 Å². The van der Waals surface area contributed by atoms with Gasteiger partial charge >= 0.3 is 6.18 Å². The van der Waals surface area contributed by atoms with Gasteiger partial charge in [0.15, 0.2) is 9.84 Å². The highest BCUT2D eigenvalue weighted by atomic mass is 32.2. The average Bonchev–Trinajstić information content (AvgIpc) is 2.86. The number of sulfone groups is 1. The number of nitrogens with one attached hydrogen (secondary N) is 1. The molecule has 3 aromatic carbocycles. The summed E-state index contributed by atoms with van der Waals surface area (Å²) >= 11 is 0. The van der Waals surface area contributed by atoms with Crippen LogP contribution >= 0.6 is 0 Å². The molecular formula is C33H40F3NO3S. The van der Waals surface area contributed by atoms with Gasteiger partial charge in [-0.1, -0.05) is 77.6 Å². The monoisotopic (exact) mass is 587 g/mol. The van der Waals surface area contributed by atoms with Gasteiger partial charge in [0, 0.05) is 11.3 Å². The van der Waals surface area contributed by atoms with Gasteiger partial charge in [-0.15, -0.1) is 0 Å². The molecule has 3 rings (SSSR count). The quantitative estimate of drug-likeness (QED) is 0.227. The maximum Gasteiger partial charge on any atom is 0.417 e. The van der Waals surface area contributed by atoms with Crippen LogP contribution in [0.5, 0.6) is 0 Å². The Bertz CT molecular complexity index is 1470. The minimum atomic E-state index is -4.49. The Balaban J connectivity index is 1.91. The van der Waals surface area contributed by atoms with Gasteiger partial charge in [0.25, 0.3) is 5.91 Å². The predicted molar refractivity (Wildman–Crippen MR) is 160 cm³/mol. The number of carbonyl (C=O) groups excluding carboxylic acids is 1. The molecule has 222 valence electrons. The molecule has 1 N–H and O–H groups in total. The van der Waals surface area contributed by atoms with Crippen molar-refractivity contribution in [3.8, 4) is 11.1 Å². The van der Waals surface area contributed by atoms with Crippen LogP contribution in [0.15, 0.2) is 65.6 Å². The summed E-state index contributed by atoms with van der Waals surface area (Å²) in [7, 11) is -3.53. The number of hydrogen-bond acceptors (Lipinski definition) is 3. The first kappa shape index (κ1) is 32.4. The van der Waals surface area contributed by atoms with E-state index in [1.165, 1.54) is 24.3 Å². The van der Waals surface area contributed by atoms with E-state index in [0.29, 0.717) is 28.8 Å². The van der Waals surface area contributed by atoms with Crippen LogP contribution in [0.2, 0.25) is 0 Å². The first-order chi connectivity index (χ1) is 19.1. The highest BCUT2D eigenvalue weighted by Crippen LogP contribution is 2.39. The zero-order valence-corrected chi connectivity index (χ0v) is 25.3. The molecule has 0 fully saturated rings. The number of carbonyl (C=O) groups is 1. The Morgan fingerprint density at radius 1 is 0.854 bits per heavy atom. The number of rotatable bonds is 11. The predicted octanol–water partition coefficient (Wildman–Crippen LogP) is 9.27. The number of unbranched alkanes of at least 4 members (excludes halogenated alkanes) is 4. The minimum absolute atomic E-state index is 0.0164. The fourth-order valence-electron chi connectivity index (χ4n) is 5.02. The van der Waals surface area contributed by atoms with Crippen LogP contribution in [0, 0.1) is 12.3 Å². The molecule has 0 aliphatic rings. The number of aryl methyl sites for hydroxylation is 2. The number of amides is 1. The van der Waals surface area contributed by atoms with Crippen LogP contribution in [0.4, 0.5) is 18.9 Å². The summed E-state index contributed by atoms with van der Waals surface area (Å²) in [6.07, 6.45) is 1.13. The summed E-state index contributed by atoms with van der Waals surface area (Å²) in [5, 5.41) is 2.85. The molecule has 0 saturated heterocycles. The van der Waals surface area contributed by atoms with Gasteiger partial charge in [-0.05, 0) is 83.8 Å². The van der Waals surface area contributed by atoms with Crippen LogP contribution in [0.3, 0.4) is 0 Å². The van der Waals surface area contributed by atoms with Gasteiger partial charge < -0.3 is 5.32 Å². The van der Waals surface area contributed by atoms with Gasteiger partial charge in [0.05, 0.1) is 16.2 Å². The third kappa shape index (κ3) is 8.93. The molecule has 8 heteroatoms. The van der Waals surface area contributed by atoms with Crippen molar-refractivity contribution in [2.24, 2.45) is 5.41 Å². The van der Waals surface area contributed by atoms with E-state index in [9.17, 15) is 26.4 Å². The van der Waals surface area contributed by atoms with Gasteiger partial charge in [-0.25, -0.2) is 8.42 Å². The number of anilines is 1. The van der Waals surface area contributed by atoms with Gasteiger partial charge in [0.2, 0.25) is 0 Å². The zero-order valence-electron chi connectivity index (χ0n) is 24.5. The van der Waals surface area contributed by atoms with E-state index < -0.39 is 32.9 Å². The molecule has 0 aliphatic carbocycles. The molecule has 0 bridgehead atoms. The van der Waals surface area contributed by atoms with Crippen molar-refractivity contribution < 1.29 is 26.4 Å². The molecule has 0 radical (unpaired) electrons. The van der Waals surface area contributed by atoms with Crippen molar-refractivity contribution in [2.75, 3.05) is 11.1 Å². The maximum absolute atomic E-state index is 13.8. The molecule has 0 aliphatic heterocycles. The Labute approximate surface area is 242 Å². The van der Waals surface area contributed by atoms with E-state index in [4.69, 9.17) is 0 Å². The lowest BCUT2D eigenvalue weighted by Crippen LogP contribution is -2.21. The summed E-state index contributed by atoms with van der Waals surface area (Å²) in [4.78, 5) is 13.3. The molecular weight excluding hydrogens is 547 g/mol. The summed E-state index contributed by atoms with van der Waals surface area (Å²) < 4.78 is 67.2. The van der Waals surface area contributed by atoms with Crippen LogP contribution in [-0.2, 0) is 22.4 Å². The van der Waals surface area contributed by atoms with Crippen molar-refractivity contribution in [2.45, 2.75) is 84.2 Å². The van der Waals surface area contributed by atoms with E-state index in [0.717, 1.165) is 43.7 Å². The largest absolute Gasteiger partial charge is 0.417 e. The molecule has 0 heterocycles. The lowest BCUT2D eigenvalue weighted by atomic mass is 9.92. The van der Waals surface area contributed by atoms with Crippen LogP contribution < -0.4 is 5.32 Å². The SMILES string of the molecule is CCCCCCCc1cc(NC(=O)c2ccc(S(=O)(=O)CC(C)(C)C)c(C)c2)ccc1-c1ccccc1C(F)(F)F. The number of benzene rings is 3. The van der Waals surface area contributed by atoms with Crippen molar-refractivity contribution in [1.29, 1.82) is 0 Å². The summed E-state index contributed by atoms with van der Waals surface area (Å²) in [6, 6.07) is 15.0. The highest BCUT2D eigenvalue weighted by molar-refractivity contribution is 7.91.